The highest BCUT2D eigenvalue weighted by Crippen LogP contribution is 2.25. The summed E-state index contributed by atoms with van der Waals surface area (Å²) in [7, 11) is 0. The topological polar surface area (TPSA) is 54.3 Å². The second kappa shape index (κ2) is 9.09. The van der Waals surface area contributed by atoms with Crippen molar-refractivity contribution in [3.05, 3.63) is 93.9 Å². The average Bonchev–Trinajstić information content (AvgIpc) is 3.19. The standard InChI is InChI=1S/C21H20Cl2N2O2/c1-14(16-9-10-17(22)18(23)12-16)25-20(26)13-24-21(19-8-5-11-27-19)15-6-3-2-4-7-15/h2-12,14,21,24H,13H2,1H3,(H,25,26)/t14-,21-/m0/s1. The van der Waals surface area contributed by atoms with Crippen LogP contribution in [0.2, 0.25) is 10.0 Å². The van der Waals surface area contributed by atoms with Crippen molar-refractivity contribution in [3.8, 4) is 0 Å². The molecule has 0 aliphatic heterocycles. The van der Waals surface area contributed by atoms with Crippen molar-refractivity contribution in [1.82, 2.24) is 10.6 Å². The third-order valence-electron chi connectivity index (χ3n) is 4.25. The Hall–Kier alpha value is -2.27. The van der Waals surface area contributed by atoms with E-state index in [9.17, 15) is 4.79 Å². The molecule has 2 aromatic carbocycles. The van der Waals surface area contributed by atoms with Crippen LogP contribution in [0.15, 0.2) is 71.3 Å². The van der Waals surface area contributed by atoms with Crippen LogP contribution >= 0.6 is 23.2 Å². The molecule has 6 heteroatoms. The molecular weight excluding hydrogens is 383 g/mol. The first kappa shape index (κ1) is 19.5. The van der Waals surface area contributed by atoms with Gasteiger partial charge in [-0.05, 0) is 42.3 Å². The SMILES string of the molecule is C[C@H](NC(=O)CN[C@@H](c1ccccc1)c1ccco1)c1ccc(Cl)c(Cl)c1. The van der Waals surface area contributed by atoms with Crippen LogP contribution in [0.3, 0.4) is 0 Å². The lowest BCUT2D eigenvalue weighted by Gasteiger charge is -2.19. The van der Waals surface area contributed by atoms with Crippen LogP contribution in [0.1, 0.15) is 35.9 Å². The van der Waals surface area contributed by atoms with Gasteiger partial charge in [-0.1, -0.05) is 59.6 Å². The van der Waals surface area contributed by atoms with Crippen LogP contribution in [0.25, 0.3) is 0 Å². The predicted octanol–water partition coefficient (Wildman–Crippen LogP) is 5.14. The Morgan fingerprint density at radius 1 is 1.00 bits per heavy atom. The summed E-state index contributed by atoms with van der Waals surface area (Å²) in [4.78, 5) is 12.4. The first-order valence-corrected chi connectivity index (χ1v) is 9.36. The van der Waals surface area contributed by atoms with Gasteiger partial charge in [0.25, 0.3) is 0 Å². The fourth-order valence-electron chi connectivity index (χ4n) is 2.84. The summed E-state index contributed by atoms with van der Waals surface area (Å²) in [6.45, 7) is 2.05. The minimum Gasteiger partial charge on any atom is -0.467 e. The lowest BCUT2D eigenvalue weighted by atomic mass is 10.0. The fraction of sp³-hybridized carbons (Fsp3) is 0.190. The summed E-state index contributed by atoms with van der Waals surface area (Å²) in [5.74, 6) is 0.632. The molecule has 0 unspecified atom stereocenters. The molecule has 0 fully saturated rings. The molecule has 0 aliphatic rings. The molecule has 3 aromatic rings. The Labute approximate surface area is 168 Å². The summed E-state index contributed by atoms with van der Waals surface area (Å²) in [5.41, 5.74) is 1.92. The Balaban J connectivity index is 1.63. The van der Waals surface area contributed by atoms with E-state index < -0.39 is 0 Å². The summed E-state index contributed by atoms with van der Waals surface area (Å²) in [5, 5.41) is 7.18. The molecule has 4 nitrogen and oxygen atoms in total. The van der Waals surface area contributed by atoms with Gasteiger partial charge in [-0.2, -0.15) is 0 Å². The van der Waals surface area contributed by atoms with Gasteiger partial charge in [0.1, 0.15) is 5.76 Å². The minimum atomic E-state index is -0.202. The number of furan rings is 1. The van der Waals surface area contributed by atoms with E-state index >= 15 is 0 Å². The van der Waals surface area contributed by atoms with Gasteiger partial charge in [-0.15, -0.1) is 0 Å². The van der Waals surface area contributed by atoms with Gasteiger partial charge in [-0.3, -0.25) is 10.1 Å². The van der Waals surface area contributed by atoms with Crippen LogP contribution in [-0.4, -0.2) is 12.5 Å². The van der Waals surface area contributed by atoms with Crippen LogP contribution in [-0.2, 0) is 4.79 Å². The minimum absolute atomic E-state index is 0.124. The maximum atomic E-state index is 12.4. The maximum absolute atomic E-state index is 12.4. The summed E-state index contributed by atoms with van der Waals surface area (Å²) < 4.78 is 5.54. The van der Waals surface area contributed by atoms with Crippen molar-refractivity contribution in [1.29, 1.82) is 0 Å². The van der Waals surface area contributed by atoms with Gasteiger partial charge in [0, 0.05) is 0 Å². The molecule has 1 amide bonds. The fourth-order valence-corrected chi connectivity index (χ4v) is 3.14. The number of hydrogen-bond acceptors (Lipinski definition) is 3. The molecule has 2 N–H and O–H groups in total. The van der Waals surface area contributed by atoms with Crippen LogP contribution in [0.4, 0.5) is 0 Å². The Morgan fingerprint density at radius 3 is 2.44 bits per heavy atom. The highest BCUT2D eigenvalue weighted by Gasteiger charge is 2.18. The average molecular weight is 403 g/mol. The Kier molecular flexibility index (Phi) is 6.56. The van der Waals surface area contributed by atoms with Crippen LogP contribution in [0.5, 0.6) is 0 Å². The highest BCUT2D eigenvalue weighted by atomic mass is 35.5. The molecule has 0 spiro atoms. The first-order chi connectivity index (χ1) is 13.0. The molecule has 2 atom stereocenters. The molecule has 0 aliphatic carbocycles. The lowest BCUT2D eigenvalue weighted by molar-refractivity contribution is -0.121. The maximum Gasteiger partial charge on any atom is 0.234 e. The number of benzene rings is 2. The number of carbonyl (C=O) groups excluding carboxylic acids is 1. The van der Waals surface area contributed by atoms with E-state index in [1.807, 2.05) is 55.5 Å². The van der Waals surface area contributed by atoms with E-state index in [2.05, 4.69) is 10.6 Å². The molecule has 0 saturated heterocycles. The van der Waals surface area contributed by atoms with Gasteiger partial charge < -0.3 is 9.73 Å². The second-order valence-electron chi connectivity index (χ2n) is 6.20. The van der Waals surface area contributed by atoms with E-state index in [4.69, 9.17) is 27.6 Å². The summed E-state index contributed by atoms with van der Waals surface area (Å²) >= 11 is 12.0. The van der Waals surface area contributed by atoms with Crippen molar-refractivity contribution in [3.63, 3.8) is 0 Å². The van der Waals surface area contributed by atoms with E-state index in [1.54, 1.807) is 18.4 Å². The second-order valence-corrected chi connectivity index (χ2v) is 7.02. The van der Waals surface area contributed by atoms with Gasteiger partial charge in [-0.25, -0.2) is 0 Å². The van der Waals surface area contributed by atoms with E-state index in [1.165, 1.54) is 0 Å². The monoisotopic (exact) mass is 402 g/mol. The molecule has 3 rings (SSSR count). The number of rotatable bonds is 7. The summed E-state index contributed by atoms with van der Waals surface area (Å²) in [6, 6.07) is 18.5. The number of carbonyl (C=O) groups is 1. The molecule has 0 bridgehead atoms. The first-order valence-electron chi connectivity index (χ1n) is 8.60. The normalized spacial score (nSPS) is 13.1. The summed E-state index contributed by atoms with van der Waals surface area (Å²) in [6.07, 6.45) is 1.62. The van der Waals surface area contributed by atoms with Gasteiger partial charge in [0.2, 0.25) is 5.91 Å². The largest absolute Gasteiger partial charge is 0.467 e. The van der Waals surface area contributed by atoms with Crippen LogP contribution < -0.4 is 10.6 Å². The Bertz CT molecular complexity index is 882. The number of nitrogens with one attached hydrogen (secondary N) is 2. The smallest absolute Gasteiger partial charge is 0.234 e. The van der Waals surface area contributed by atoms with Crippen LogP contribution in [0, 0.1) is 0 Å². The van der Waals surface area contributed by atoms with Crippen molar-refractivity contribution < 1.29 is 9.21 Å². The predicted molar refractivity (Wildman–Crippen MR) is 108 cm³/mol. The zero-order chi connectivity index (χ0) is 19.2. The quantitative estimate of drug-likeness (QED) is 0.574. The molecule has 0 radical (unpaired) electrons. The van der Waals surface area contributed by atoms with Crippen molar-refractivity contribution >= 4 is 29.1 Å². The van der Waals surface area contributed by atoms with Gasteiger partial charge in [0.05, 0.1) is 34.9 Å². The zero-order valence-electron chi connectivity index (χ0n) is 14.8. The number of hydrogen-bond donors (Lipinski definition) is 2. The third-order valence-corrected chi connectivity index (χ3v) is 4.99. The van der Waals surface area contributed by atoms with E-state index in [0.29, 0.717) is 10.0 Å². The number of amides is 1. The molecular formula is C21H20Cl2N2O2. The zero-order valence-corrected chi connectivity index (χ0v) is 16.3. The highest BCUT2D eigenvalue weighted by molar-refractivity contribution is 6.42. The molecule has 140 valence electrons. The van der Waals surface area contributed by atoms with E-state index in [0.717, 1.165) is 16.9 Å². The third kappa shape index (κ3) is 5.13. The lowest BCUT2D eigenvalue weighted by Crippen LogP contribution is -2.37. The molecule has 27 heavy (non-hydrogen) atoms. The van der Waals surface area contributed by atoms with E-state index in [-0.39, 0.29) is 24.5 Å². The number of halogens is 2. The van der Waals surface area contributed by atoms with Crippen molar-refractivity contribution in [2.24, 2.45) is 0 Å². The van der Waals surface area contributed by atoms with Gasteiger partial charge >= 0.3 is 0 Å². The molecule has 1 heterocycles. The van der Waals surface area contributed by atoms with Crippen molar-refractivity contribution in [2.45, 2.75) is 19.0 Å². The molecule has 0 saturated carbocycles. The van der Waals surface area contributed by atoms with Crippen molar-refractivity contribution in [2.75, 3.05) is 6.54 Å². The molecule has 1 aromatic heterocycles. The van der Waals surface area contributed by atoms with Gasteiger partial charge in [0.15, 0.2) is 0 Å². The Morgan fingerprint density at radius 2 is 1.78 bits per heavy atom.